The molecule has 0 aromatic heterocycles. The van der Waals surface area contributed by atoms with Crippen LogP contribution in [0.15, 0.2) is 11.6 Å². The third-order valence-corrected chi connectivity index (χ3v) is 3.31. The average Bonchev–Trinajstić information content (AvgIpc) is 2.65. The van der Waals surface area contributed by atoms with E-state index in [9.17, 15) is 4.79 Å². The Morgan fingerprint density at radius 1 is 1.43 bits per heavy atom. The van der Waals surface area contributed by atoms with E-state index < -0.39 is 0 Å². The lowest BCUT2D eigenvalue weighted by atomic mass is 9.74. The van der Waals surface area contributed by atoms with Crippen molar-refractivity contribution in [1.82, 2.24) is 0 Å². The molecule has 1 aliphatic carbocycles. The van der Waals surface area contributed by atoms with Crippen molar-refractivity contribution in [2.45, 2.75) is 33.0 Å². The molecule has 1 saturated heterocycles. The van der Waals surface area contributed by atoms with Gasteiger partial charge < -0.3 is 9.47 Å². The molecule has 0 N–H and O–H groups in total. The molecule has 3 nitrogen and oxygen atoms in total. The summed E-state index contributed by atoms with van der Waals surface area (Å²) in [4.78, 5) is 11.2. The monoisotopic (exact) mass is 196 g/mol. The van der Waals surface area contributed by atoms with E-state index >= 15 is 0 Å². The summed E-state index contributed by atoms with van der Waals surface area (Å²) >= 11 is 0. The van der Waals surface area contributed by atoms with Crippen LogP contribution in [0, 0.1) is 5.41 Å². The van der Waals surface area contributed by atoms with Gasteiger partial charge in [-0.15, -0.1) is 0 Å². The van der Waals surface area contributed by atoms with Gasteiger partial charge in [-0.05, 0) is 19.4 Å². The highest BCUT2D eigenvalue weighted by Gasteiger charge is 2.41. The molecule has 1 heterocycles. The van der Waals surface area contributed by atoms with Gasteiger partial charge in [-0.25, -0.2) is 0 Å². The van der Waals surface area contributed by atoms with Crippen molar-refractivity contribution in [3.8, 4) is 0 Å². The first kappa shape index (κ1) is 9.87. The number of hydrogen-bond donors (Lipinski definition) is 0. The molecule has 0 radical (unpaired) electrons. The Morgan fingerprint density at radius 3 is 2.64 bits per heavy atom. The zero-order chi connectivity index (χ0) is 10.2. The molecule has 3 heteroatoms. The Balaban J connectivity index is 2.22. The fraction of sp³-hybridized carbons (Fsp3) is 0.727. The lowest BCUT2D eigenvalue weighted by Crippen LogP contribution is -2.37. The highest BCUT2D eigenvalue weighted by Crippen LogP contribution is 2.41. The third kappa shape index (κ3) is 1.51. The minimum atomic E-state index is -0.160. The van der Waals surface area contributed by atoms with Gasteiger partial charge in [0, 0.05) is 11.8 Å². The number of ketones is 1. The van der Waals surface area contributed by atoms with Gasteiger partial charge in [0.25, 0.3) is 0 Å². The van der Waals surface area contributed by atoms with Crippen LogP contribution in [0.2, 0.25) is 0 Å². The van der Waals surface area contributed by atoms with Crippen LogP contribution in [-0.2, 0) is 14.3 Å². The van der Waals surface area contributed by atoms with E-state index in [0.717, 1.165) is 12.0 Å². The van der Waals surface area contributed by atoms with Gasteiger partial charge in [0.2, 0.25) is 0 Å². The van der Waals surface area contributed by atoms with Crippen molar-refractivity contribution in [2.24, 2.45) is 5.41 Å². The van der Waals surface area contributed by atoms with Gasteiger partial charge in [-0.3, -0.25) is 4.79 Å². The van der Waals surface area contributed by atoms with E-state index in [0.29, 0.717) is 19.6 Å². The van der Waals surface area contributed by atoms with Crippen molar-refractivity contribution in [1.29, 1.82) is 0 Å². The summed E-state index contributed by atoms with van der Waals surface area (Å²) in [7, 11) is 0. The molecule has 14 heavy (non-hydrogen) atoms. The highest BCUT2D eigenvalue weighted by molar-refractivity contribution is 5.91. The maximum atomic E-state index is 11.2. The molecule has 2 aliphatic rings. The molecule has 0 spiro atoms. The zero-order valence-electron chi connectivity index (χ0n) is 8.71. The van der Waals surface area contributed by atoms with Crippen LogP contribution in [0.3, 0.4) is 0 Å². The van der Waals surface area contributed by atoms with Crippen LogP contribution in [0.4, 0.5) is 0 Å². The van der Waals surface area contributed by atoms with E-state index in [1.165, 1.54) is 0 Å². The van der Waals surface area contributed by atoms with Crippen LogP contribution in [0.25, 0.3) is 0 Å². The Morgan fingerprint density at radius 2 is 2.07 bits per heavy atom. The van der Waals surface area contributed by atoms with Crippen molar-refractivity contribution < 1.29 is 14.3 Å². The Kier molecular flexibility index (Phi) is 2.45. The van der Waals surface area contributed by atoms with Gasteiger partial charge in [0.15, 0.2) is 12.1 Å². The molecule has 78 valence electrons. The number of carbonyl (C=O) groups is 1. The fourth-order valence-corrected chi connectivity index (χ4v) is 2.09. The second kappa shape index (κ2) is 3.48. The summed E-state index contributed by atoms with van der Waals surface area (Å²) < 4.78 is 11.1. The zero-order valence-corrected chi connectivity index (χ0v) is 8.71. The van der Waals surface area contributed by atoms with E-state index in [-0.39, 0.29) is 17.5 Å². The van der Waals surface area contributed by atoms with Crippen molar-refractivity contribution in [3.05, 3.63) is 11.6 Å². The van der Waals surface area contributed by atoms with Crippen molar-refractivity contribution in [3.63, 3.8) is 0 Å². The molecule has 0 aromatic carbocycles. The van der Waals surface area contributed by atoms with Gasteiger partial charge >= 0.3 is 0 Å². The molecule has 0 bridgehead atoms. The third-order valence-electron chi connectivity index (χ3n) is 3.31. The molecule has 1 fully saturated rings. The standard InChI is InChI=1S/C11H16O3/c1-8-7-9(12)3-4-11(8,2)10-13-5-6-14-10/h7,10H,3-6H2,1-2H3. The van der Waals surface area contributed by atoms with Crippen molar-refractivity contribution >= 4 is 5.78 Å². The van der Waals surface area contributed by atoms with Crippen LogP contribution in [0.5, 0.6) is 0 Å². The van der Waals surface area contributed by atoms with Crippen LogP contribution in [0.1, 0.15) is 26.7 Å². The number of carbonyl (C=O) groups excluding carboxylic acids is 1. The van der Waals surface area contributed by atoms with Gasteiger partial charge in [-0.1, -0.05) is 12.5 Å². The van der Waals surface area contributed by atoms with Crippen LogP contribution >= 0.6 is 0 Å². The highest BCUT2D eigenvalue weighted by atomic mass is 16.7. The predicted octanol–water partition coefficient (Wildman–Crippen LogP) is 1.67. The first-order valence-electron chi connectivity index (χ1n) is 5.08. The van der Waals surface area contributed by atoms with E-state index in [1.54, 1.807) is 6.08 Å². The van der Waals surface area contributed by atoms with Gasteiger partial charge in [0.1, 0.15) is 0 Å². The lowest BCUT2D eigenvalue weighted by molar-refractivity contribution is -0.127. The Labute approximate surface area is 84.1 Å². The topological polar surface area (TPSA) is 35.5 Å². The summed E-state index contributed by atoms with van der Waals surface area (Å²) in [6.45, 7) is 5.44. The molecule has 1 atom stereocenters. The van der Waals surface area contributed by atoms with Gasteiger partial charge in [-0.2, -0.15) is 0 Å². The summed E-state index contributed by atoms with van der Waals surface area (Å²) in [5.74, 6) is 0.220. The quantitative estimate of drug-likeness (QED) is 0.640. The van der Waals surface area contributed by atoms with Crippen LogP contribution in [-0.4, -0.2) is 25.3 Å². The summed E-state index contributed by atoms with van der Waals surface area (Å²) in [5.41, 5.74) is 0.977. The van der Waals surface area contributed by atoms with Crippen molar-refractivity contribution in [2.75, 3.05) is 13.2 Å². The molecule has 1 aliphatic heterocycles. The smallest absolute Gasteiger partial charge is 0.166 e. The number of hydrogen-bond acceptors (Lipinski definition) is 3. The molecular formula is C11H16O3. The number of rotatable bonds is 1. The maximum Gasteiger partial charge on any atom is 0.166 e. The van der Waals surface area contributed by atoms with E-state index in [1.807, 2.05) is 6.92 Å². The Hall–Kier alpha value is -0.670. The summed E-state index contributed by atoms with van der Waals surface area (Å²) in [6.07, 6.45) is 3.01. The molecule has 0 aromatic rings. The van der Waals surface area contributed by atoms with Crippen LogP contribution < -0.4 is 0 Å². The SMILES string of the molecule is CC1=CC(=O)CCC1(C)C1OCCO1. The fourth-order valence-electron chi connectivity index (χ4n) is 2.09. The minimum Gasteiger partial charge on any atom is -0.349 e. The predicted molar refractivity (Wildman–Crippen MR) is 51.8 cm³/mol. The largest absolute Gasteiger partial charge is 0.349 e. The van der Waals surface area contributed by atoms with E-state index in [2.05, 4.69) is 6.92 Å². The first-order valence-corrected chi connectivity index (χ1v) is 5.08. The second-order valence-corrected chi connectivity index (χ2v) is 4.28. The average molecular weight is 196 g/mol. The molecule has 0 saturated carbocycles. The summed E-state index contributed by atoms with van der Waals surface area (Å²) in [6, 6.07) is 0. The second-order valence-electron chi connectivity index (χ2n) is 4.28. The Bertz CT molecular complexity index is 276. The molecule has 0 amide bonds. The summed E-state index contributed by atoms with van der Waals surface area (Å²) in [5, 5.41) is 0. The molecular weight excluding hydrogens is 180 g/mol. The number of ether oxygens (including phenoxy) is 2. The van der Waals surface area contributed by atoms with Gasteiger partial charge in [0.05, 0.1) is 13.2 Å². The number of allylic oxidation sites excluding steroid dienone is 1. The molecule has 1 unspecified atom stereocenters. The lowest BCUT2D eigenvalue weighted by Gasteiger charge is -2.37. The maximum absolute atomic E-state index is 11.2. The van der Waals surface area contributed by atoms with E-state index in [4.69, 9.17) is 9.47 Å². The minimum absolute atomic E-state index is 0.107. The normalized spacial score (nSPS) is 34.7. The first-order chi connectivity index (χ1) is 6.63. The molecule has 2 rings (SSSR count).